The van der Waals surface area contributed by atoms with E-state index in [4.69, 9.17) is 0 Å². The van der Waals surface area contributed by atoms with Crippen molar-refractivity contribution in [2.75, 3.05) is 12.3 Å². The summed E-state index contributed by atoms with van der Waals surface area (Å²) >= 11 is 2.15. The van der Waals surface area contributed by atoms with Crippen molar-refractivity contribution in [1.82, 2.24) is 5.32 Å². The number of hydrogen-bond donors (Lipinski definition) is 1. The van der Waals surface area contributed by atoms with E-state index >= 15 is 0 Å². The molecule has 70 valence electrons. The van der Waals surface area contributed by atoms with Gasteiger partial charge in [0.25, 0.3) is 0 Å². The molecule has 2 atom stereocenters. The molecule has 0 aromatic carbocycles. The Morgan fingerprint density at radius 3 is 2.58 bits per heavy atom. The maximum absolute atomic E-state index is 3.69. The van der Waals surface area contributed by atoms with Gasteiger partial charge >= 0.3 is 0 Å². The van der Waals surface area contributed by atoms with Crippen LogP contribution in [-0.4, -0.2) is 23.6 Å². The lowest BCUT2D eigenvalue weighted by Crippen LogP contribution is -2.44. The fraction of sp³-hybridized carbons (Fsp3) is 1.00. The molecule has 12 heavy (non-hydrogen) atoms. The summed E-state index contributed by atoms with van der Waals surface area (Å²) in [6.45, 7) is 3.55. The first-order valence-electron chi connectivity index (χ1n) is 5.21. The largest absolute Gasteiger partial charge is 0.312 e. The highest BCUT2D eigenvalue weighted by Gasteiger charge is 2.27. The fourth-order valence-corrected chi connectivity index (χ4v) is 3.51. The Morgan fingerprint density at radius 2 is 2.00 bits per heavy atom. The summed E-state index contributed by atoms with van der Waals surface area (Å²) in [4.78, 5) is 0. The van der Waals surface area contributed by atoms with E-state index in [1.54, 1.807) is 0 Å². The minimum absolute atomic E-state index is 0.836. The second kappa shape index (κ2) is 4.01. The Hall–Kier alpha value is 0.310. The highest BCUT2D eigenvalue weighted by Crippen LogP contribution is 2.31. The van der Waals surface area contributed by atoms with Crippen molar-refractivity contribution in [3.8, 4) is 0 Å². The molecule has 0 amide bonds. The van der Waals surface area contributed by atoms with Gasteiger partial charge in [-0.3, -0.25) is 0 Å². The van der Waals surface area contributed by atoms with Crippen molar-refractivity contribution >= 4 is 11.8 Å². The predicted octanol–water partition coefficient (Wildman–Crippen LogP) is 2.27. The molecule has 1 saturated carbocycles. The highest BCUT2D eigenvalue weighted by molar-refractivity contribution is 8.00. The number of hydrogen-bond acceptors (Lipinski definition) is 2. The lowest BCUT2D eigenvalue weighted by molar-refractivity contribution is 0.381. The molecule has 2 unspecified atom stereocenters. The zero-order valence-corrected chi connectivity index (χ0v) is 8.70. The molecular formula is C10H19NS. The van der Waals surface area contributed by atoms with Crippen LogP contribution in [0.25, 0.3) is 0 Å². The summed E-state index contributed by atoms with van der Waals surface area (Å²) in [5, 5.41) is 4.53. The third kappa shape index (κ3) is 1.97. The molecule has 0 spiro atoms. The van der Waals surface area contributed by atoms with Gasteiger partial charge in [0.15, 0.2) is 0 Å². The van der Waals surface area contributed by atoms with E-state index in [9.17, 15) is 0 Å². The first-order valence-corrected chi connectivity index (χ1v) is 6.26. The van der Waals surface area contributed by atoms with E-state index in [0.29, 0.717) is 0 Å². The molecule has 0 aromatic rings. The van der Waals surface area contributed by atoms with Gasteiger partial charge in [0.2, 0.25) is 0 Å². The van der Waals surface area contributed by atoms with E-state index in [0.717, 1.165) is 17.2 Å². The number of thioether (sulfide) groups is 1. The first kappa shape index (κ1) is 8.89. The predicted molar refractivity (Wildman–Crippen MR) is 55.7 cm³/mol. The van der Waals surface area contributed by atoms with Gasteiger partial charge < -0.3 is 5.32 Å². The molecule has 1 aliphatic carbocycles. The molecule has 2 fully saturated rings. The van der Waals surface area contributed by atoms with Crippen LogP contribution in [0.4, 0.5) is 0 Å². The zero-order valence-electron chi connectivity index (χ0n) is 7.88. The molecule has 1 aliphatic heterocycles. The van der Waals surface area contributed by atoms with E-state index in [-0.39, 0.29) is 0 Å². The summed E-state index contributed by atoms with van der Waals surface area (Å²) in [5.41, 5.74) is 0. The van der Waals surface area contributed by atoms with Gasteiger partial charge in [0, 0.05) is 23.6 Å². The van der Waals surface area contributed by atoms with Crippen LogP contribution in [0.5, 0.6) is 0 Å². The molecule has 1 heterocycles. The summed E-state index contributed by atoms with van der Waals surface area (Å²) in [7, 11) is 0. The Balaban J connectivity index is 1.80. The van der Waals surface area contributed by atoms with Crippen LogP contribution in [0.2, 0.25) is 0 Å². The third-order valence-electron chi connectivity index (χ3n) is 3.20. The van der Waals surface area contributed by atoms with E-state index < -0.39 is 0 Å². The molecule has 2 heteroatoms. The summed E-state index contributed by atoms with van der Waals surface area (Å²) in [5.74, 6) is 2.36. The van der Waals surface area contributed by atoms with E-state index in [1.807, 2.05) is 0 Å². The van der Waals surface area contributed by atoms with Crippen molar-refractivity contribution in [2.24, 2.45) is 5.92 Å². The Morgan fingerprint density at radius 1 is 1.25 bits per heavy atom. The fourth-order valence-electron chi connectivity index (χ4n) is 2.37. The normalized spacial score (nSPS) is 38.8. The Labute approximate surface area is 79.7 Å². The molecule has 1 nitrogen and oxygen atoms in total. The number of rotatable bonds is 1. The van der Waals surface area contributed by atoms with Gasteiger partial charge in [0.1, 0.15) is 0 Å². The van der Waals surface area contributed by atoms with Gasteiger partial charge in [-0.25, -0.2) is 0 Å². The minimum Gasteiger partial charge on any atom is -0.312 e. The van der Waals surface area contributed by atoms with E-state index in [1.165, 1.54) is 38.0 Å². The van der Waals surface area contributed by atoms with Crippen molar-refractivity contribution in [3.05, 3.63) is 0 Å². The third-order valence-corrected chi connectivity index (χ3v) is 4.48. The topological polar surface area (TPSA) is 12.0 Å². The van der Waals surface area contributed by atoms with Crippen molar-refractivity contribution in [2.45, 2.75) is 43.9 Å². The Bertz CT molecular complexity index is 135. The summed E-state index contributed by atoms with van der Waals surface area (Å²) in [6.07, 6.45) is 5.91. The molecule has 0 radical (unpaired) electrons. The van der Waals surface area contributed by atoms with Crippen LogP contribution in [0.15, 0.2) is 0 Å². The van der Waals surface area contributed by atoms with Crippen molar-refractivity contribution < 1.29 is 0 Å². The molecule has 1 N–H and O–H groups in total. The minimum atomic E-state index is 0.836. The Kier molecular flexibility index (Phi) is 2.97. The van der Waals surface area contributed by atoms with Gasteiger partial charge in [0.05, 0.1) is 0 Å². The van der Waals surface area contributed by atoms with Crippen molar-refractivity contribution in [1.29, 1.82) is 0 Å². The summed E-state index contributed by atoms with van der Waals surface area (Å²) in [6, 6.07) is 0.841. The molecule has 2 aliphatic rings. The van der Waals surface area contributed by atoms with E-state index in [2.05, 4.69) is 24.0 Å². The van der Waals surface area contributed by atoms with Gasteiger partial charge in [-0.15, -0.1) is 0 Å². The number of nitrogens with one attached hydrogen (secondary N) is 1. The molecule has 1 saturated heterocycles. The second-order valence-electron chi connectivity index (χ2n) is 4.20. The average Bonchev–Trinajstić information content (AvgIpc) is 2.58. The summed E-state index contributed by atoms with van der Waals surface area (Å²) < 4.78 is 0. The van der Waals surface area contributed by atoms with Crippen molar-refractivity contribution in [3.63, 3.8) is 0 Å². The standard InChI is InChI=1S/C10H19NS/c1-8-6-11-10(7-12-8)9-4-2-3-5-9/h8-11H,2-7H2,1H3. The molecular weight excluding hydrogens is 166 g/mol. The zero-order chi connectivity index (χ0) is 8.39. The maximum Gasteiger partial charge on any atom is 0.0187 e. The average molecular weight is 185 g/mol. The lowest BCUT2D eigenvalue weighted by Gasteiger charge is -2.31. The maximum atomic E-state index is 3.69. The molecule has 2 rings (SSSR count). The second-order valence-corrected chi connectivity index (χ2v) is 5.67. The molecule has 0 bridgehead atoms. The first-order chi connectivity index (χ1) is 5.86. The van der Waals surface area contributed by atoms with Crippen LogP contribution in [0.3, 0.4) is 0 Å². The van der Waals surface area contributed by atoms with Crippen LogP contribution in [-0.2, 0) is 0 Å². The van der Waals surface area contributed by atoms with Crippen LogP contribution < -0.4 is 5.32 Å². The van der Waals surface area contributed by atoms with Gasteiger partial charge in [-0.2, -0.15) is 11.8 Å². The quantitative estimate of drug-likeness (QED) is 0.672. The van der Waals surface area contributed by atoms with Crippen LogP contribution >= 0.6 is 11.8 Å². The smallest absolute Gasteiger partial charge is 0.0187 e. The highest BCUT2D eigenvalue weighted by atomic mass is 32.2. The van der Waals surface area contributed by atoms with Crippen LogP contribution in [0, 0.1) is 5.92 Å². The van der Waals surface area contributed by atoms with Gasteiger partial charge in [-0.1, -0.05) is 19.8 Å². The lowest BCUT2D eigenvalue weighted by atomic mass is 9.99. The van der Waals surface area contributed by atoms with Gasteiger partial charge in [-0.05, 0) is 18.8 Å². The monoisotopic (exact) mass is 185 g/mol. The molecule has 0 aromatic heterocycles. The SMILES string of the molecule is CC1CNC(C2CCCC2)CS1. The van der Waals surface area contributed by atoms with Crippen LogP contribution in [0.1, 0.15) is 32.6 Å².